The molecule has 0 saturated heterocycles. The monoisotopic (exact) mass is 231 g/mol. The van der Waals surface area contributed by atoms with Gasteiger partial charge in [-0.25, -0.2) is 4.98 Å². The molecule has 0 saturated carbocycles. The molecule has 1 N–H and O–H groups in total. The summed E-state index contributed by atoms with van der Waals surface area (Å²) in [5, 5.41) is 2.68. The Hall–Kier alpha value is -1.76. The van der Waals surface area contributed by atoms with Gasteiger partial charge in [-0.1, -0.05) is 5.92 Å². The minimum Gasteiger partial charge on any atom is -0.344 e. The van der Waals surface area contributed by atoms with Crippen molar-refractivity contribution in [2.24, 2.45) is 0 Å². The lowest BCUT2D eigenvalue weighted by molar-refractivity contribution is -0.121. The van der Waals surface area contributed by atoms with Crippen molar-refractivity contribution in [1.29, 1.82) is 0 Å². The van der Waals surface area contributed by atoms with E-state index in [9.17, 15) is 4.79 Å². The zero-order valence-corrected chi connectivity index (χ0v) is 10.1. The van der Waals surface area contributed by atoms with Crippen LogP contribution in [0.15, 0.2) is 0 Å². The van der Waals surface area contributed by atoms with E-state index in [-0.39, 0.29) is 12.5 Å². The van der Waals surface area contributed by atoms with Crippen molar-refractivity contribution in [1.82, 2.24) is 14.9 Å². The van der Waals surface area contributed by atoms with Crippen LogP contribution in [-0.4, -0.2) is 22.0 Å². The molecule has 0 fully saturated rings. The number of nitrogens with one attached hydrogen (secondary N) is 1. The number of aromatic nitrogens is 2. The fourth-order valence-electron chi connectivity index (χ4n) is 2.29. The molecule has 1 aliphatic rings. The highest BCUT2D eigenvalue weighted by molar-refractivity contribution is 5.76. The number of carbonyl (C=O) groups excluding carboxylic acids is 1. The van der Waals surface area contributed by atoms with E-state index in [1.165, 1.54) is 24.2 Å². The Morgan fingerprint density at radius 1 is 1.53 bits per heavy atom. The van der Waals surface area contributed by atoms with Crippen molar-refractivity contribution < 1.29 is 4.79 Å². The van der Waals surface area contributed by atoms with Crippen LogP contribution in [-0.2, 0) is 24.2 Å². The van der Waals surface area contributed by atoms with Gasteiger partial charge in [-0.3, -0.25) is 4.79 Å². The predicted octanol–water partition coefficient (Wildman–Crippen LogP) is 0.820. The van der Waals surface area contributed by atoms with Crippen molar-refractivity contribution >= 4 is 5.91 Å². The van der Waals surface area contributed by atoms with Crippen molar-refractivity contribution in [2.75, 3.05) is 6.54 Å². The number of carbonyl (C=O) groups is 1. The van der Waals surface area contributed by atoms with Crippen LogP contribution in [0.1, 0.15) is 30.1 Å². The maximum absolute atomic E-state index is 11.7. The molecular formula is C13H17N3O. The second kappa shape index (κ2) is 5.05. The molecule has 90 valence electrons. The molecule has 17 heavy (non-hydrogen) atoms. The van der Waals surface area contributed by atoms with E-state index in [4.69, 9.17) is 6.42 Å². The van der Waals surface area contributed by atoms with Gasteiger partial charge < -0.3 is 9.88 Å². The Kier molecular flexibility index (Phi) is 3.48. The molecule has 0 aliphatic heterocycles. The molecule has 0 spiro atoms. The van der Waals surface area contributed by atoms with Gasteiger partial charge in [0.25, 0.3) is 0 Å². The van der Waals surface area contributed by atoms with Crippen molar-refractivity contribution in [3.8, 4) is 12.3 Å². The quantitative estimate of drug-likeness (QED) is 0.783. The van der Waals surface area contributed by atoms with E-state index in [2.05, 4.69) is 16.2 Å². The van der Waals surface area contributed by atoms with Crippen molar-refractivity contribution in [2.45, 2.75) is 39.2 Å². The first-order valence-corrected chi connectivity index (χ1v) is 5.97. The van der Waals surface area contributed by atoms with E-state index in [0.717, 1.165) is 18.7 Å². The fraction of sp³-hybridized carbons (Fsp3) is 0.538. The van der Waals surface area contributed by atoms with Crippen LogP contribution in [0.2, 0.25) is 0 Å². The highest BCUT2D eigenvalue weighted by Crippen LogP contribution is 2.21. The number of rotatable bonds is 3. The molecule has 0 radical (unpaired) electrons. The summed E-state index contributed by atoms with van der Waals surface area (Å²) in [4.78, 5) is 16.2. The number of fused-ring (bicyclic) bond motifs is 1. The molecular weight excluding hydrogens is 214 g/mol. The third kappa shape index (κ3) is 2.50. The highest BCUT2D eigenvalue weighted by atomic mass is 16.1. The lowest BCUT2D eigenvalue weighted by Crippen LogP contribution is -2.29. The topological polar surface area (TPSA) is 46.9 Å². The first-order chi connectivity index (χ1) is 8.22. The second-order valence-electron chi connectivity index (χ2n) is 4.33. The predicted molar refractivity (Wildman–Crippen MR) is 65.4 cm³/mol. The van der Waals surface area contributed by atoms with E-state index in [0.29, 0.717) is 6.54 Å². The van der Waals surface area contributed by atoms with Gasteiger partial charge in [0.2, 0.25) is 5.91 Å². The number of amides is 1. The second-order valence-corrected chi connectivity index (χ2v) is 4.33. The first-order valence-electron chi connectivity index (χ1n) is 5.97. The summed E-state index contributed by atoms with van der Waals surface area (Å²) in [7, 11) is 0. The molecule has 4 nitrogen and oxygen atoms in total. The lowest BCUT2D eigenvalue weighted by Gasteiger charge is -2.14. The summed E-state index contributed by atoms with van der Waals surface area (Å²) in [6.07, 6.45) is 9.56. The SMILES string of the molecule is C#CCNC(=O)Cn1c(C)nc2c1CCCC2. The van der Waals surface area contributed by atoms with Gasteiger partial charge in [-0.05, 0) is 32.6 Å². The molecule has 1 aliphatic carbocycles. The Morgan fingerprint density at radius 3 is 3.06 bits per heavy atom. The third-order valence-electron chi connectivity index (χ3n) is 3.11. The van der Waals surface area contributed by atoms with E-state index >= 15 is 0 Å². The standard InChI is InChI=1S/C13H17N3O/c1-3-8-14-13(17)9-16-10(2)15-11-6-4-5-7-12(11)16/h1H,4-9H2,2H3,(H,14,17). The normalized spacial score (nSPS) is 13.9. The smallest absolute Gasteiger partial charge is 0.240 e. The van der Waals surface area contributed by atoms with Crippen molar-refractivity contribution in [3.05, 3.63) is 17.2 Å². The summed E-state index contributed by atoms with van der Waals surface area (Å²) in [5.41, 5.74) is 2.39. The van der Waals surface area contributed by atoms with Gasteiger partial charge in [0.15, 0.2) is 0 Å². The average Bonchev–Trinajstić information content (AvgIpc) is 2.64. The van der Waals surface area contributed by atoms with Gasteiger partial charge >= 0.3 is 0 Å². The molecule has 2 rings (SSSR count). The average molecular weight is 231 g/mol. The number of terminal acetylenes is 1. The summed E-state index contributed by atoms with van der Waals surface area (Å²) >= 11 is 0. The van der Waals surface area contributed by atoms with E-state index in [1.54, 1.807) is 0 Å². The zero-order valence-electron chi connectivity index (χ0n) is 10.1. The molecule has 1 amide bonds. The zero-order chi connectivity index (χ0) is 12.3. The molecule has 0 unspecified atom stereocenters. The van der Waals surface area contributed by atoms with Crippen LogP contribution < -0.4 is 5.32 Å². The van der Waals surface area contributed by atoms with E-state index < -0.39 is 0 Å². The first kappa shape index (κ1) is 11.7. The molecule has 1 heterocycles. The van der Waals surface area contributed by atoms with Gasteiger partial charge in [0.1, 0.15) is 12.4 Å². The van der Waals surface area contributed by atoms with Crippen LogP contribution in [0.5, 0.6) is 0 Å². The number of hydrogen-bond donors (Lipinski definition) is 1. The maximum Gasteiger partial charge on any atom is 0.240 e. The van der Waals surface area contributed by atoms with Crippen LogP contribution >= 0.6 is 0 Å². The molecule has 0 bridgehead atoms. The molecule has 0 aromatic carbocycles. The Labute approximate surface area is 101 Å². The summed E-state index contributed by atoms with van der Waals surface area (Å²) in [6.45, 7) is 2.57. The maximum atomic E-state index is 11.7. The molecule has 4 heteroatoms. The van der Waals surface area contributed by atoms with Gasteiger partial charge in [0, 0.05) is 5.69 Å². The minimum absolute atomic E-state index is 0.0446. The molecule has 1 aromatic rings. The van der Waals surface area contributed by atoms with Crippen LogP contribution in [0.25, 0.3) is 0 Å². The largest absolute Gasteiger partial charge is 0.344 e. The summed E-state index contributed by atoms with van der Waals surface area (Å²) in [6, 6.07) is 0. The molecule has 1 aromatic heterocycles. The molecule has 0 atom stereocenters. The van der Waals surface area contributed by atoms with Crippen LogP contribution in [0, 0.1) is 19.3 Å². The van der Waals surface area contributed by atoms with Gasteiger partial charge in [-0.2, -0.15) is 0 Å². The van der Waals surface area contributed by atoms with Crippen LogP contribution in [0.3, 0.4) is 0 Å². The van der Waals surface area contributed by atoms with Crippen LogP contribution in [0.4, 0.5) is 0 Å². The van der Waals surface area contributed by atoms with Gasteiger partial charge in [0.05, 0.1) is 12.2 Å². The summed E-state index contributed by atoms with van der Waals surface area (Å²) < 4.78 is 2.01. The minimum atomic E-state index is -0.0446. The van der Waals surface area contributed by atoms with Gasteiger partial charge in [-0.15, -0.1) is 6.42 Å². The third-order valence-corrected chi connectivity index (χ3v) is 3.11. The Morgan fingerprint density at radius 2 is 2.29 bits per heavy atom. The number of nitrogens with zero attached hydrogens (tertiary/aromatic N) is 2. The number of imidazole rings is 1. The van der Waals surface area contributed by atoms with Crippen molar-refractivity contribution in [3.63, 3.8) is 0 Å². The van der Waals surface area contributed by atoms with E-state index in [1.807, 2.05) is 11.5 Å². The Balaban J connectivity index is 2.13. The Bertz CT molecular complexity index is 468. The number of aryl methyl sites for hydroxylation is 2. The number of hydrogen-bond acceptors (Lipinski definition) is 2. The highest BCUT2D eigenvalue weighted by Gasteiger charge is 2.19. The fourth-order valence-corrected chi connectivity index (χ4v) is 2.29. The lowest BCUT2D eigenvalue weighted by atomic mass is 10.0. The summed E-state index contributed by atoms with van der Waals surface area (Å²) in [5.74, 6) is 3.28.